The fourth-order valence-corrected chi connectivity index (χ4v) is 3.85. The number of aromatic nitrogens is 5. The molecule has 0 bridgehead atoms. The molecule has 0 aliphatic carbocycles. The van der Waals surface area contributed by atoms with E-state index in [0.29, 0.717) is 10.9 Å². The van der Waals surface area contributed by atoms with Crippen molar-refractivity contribution in [3.05, 3.63) is 52.8 Å². The number of hydrogen-bond acceptors (Lipinski definition) is 5. The lowest BCUT2D eigenvalue weighted by Gasteiger charge is -2.08. The first-order valence-corrected chi connectivity index (χ1v) is 9.68. The lowest BCUT2D eigenvalue weighted by Crippen LogP contribution is -2.08. The Balaban J connectivity index is 1.77. The van der Waals surface area contributed by atoms with Gasteiger partial charge in [-0.3, -0.25) is 4.79 Å². The summed E-state index contributed by atoms with van der Waals surface area (Å²) in [5.41, 5.74) is 4.96. The third-order valence-electron chi connectivity index (χ3n) is 4.44. The molecule has 3 aromatic rings. The van der Waals surface area contributed by atoms with Gasteiger partial charge in [-0.25, -0.2) is 0 Å². The molecule has 0 unspecified atom stereocenters. The van der Waals surface area contributed by atoms with Crippen LogP contribution in [-0.4, -0.2) is 36.3 Å². The van der Waals surface area contributed by atoms with Gasteiger partial charge in [-0.05, 0) is 55.3 Å². The van der Waals surface area contributed by atoms with E-state index >= 15 is 0 Å². The standard InChI is InChI=1S/C19H23N5OS/c1-5-10-23-14(3)11-16(15(23)4)18(25)12-26-19-20-21-22-24(19)17-9-7-6-8-13(17)2/h6-9,11H,5,10,12H2,1-4H3. The first kappa shape index (κ1) is 18.4. The molecular formula is C19H23N5OS. The molecule has 136 valence electrons. The Kier molecular flexibility index (Phi) is 5.56. The van der Waals surface area contributed by atoms with Gasteiger partial charge in [0.1, 0.15) is 0 Å². The van der Waals surface area contributed by atoms with Crippen molar-refractivity contribution in [2.24, 2.45) is 0 Å². The van der Waals surface area contributed by atoms with Gasteiger partial charge in [-0.15, -0.1) is 5.10 Å². The summed E-state index contributed by atoms with van der Waals surface area (Å²) in [4.78, 5) is 12.7. The Bertz CT molecular complexity index is 928. The molecule has 0 saturated carbocycles. The van der Waals surface area contributed by atoms with Gasteiger partial charge in [0.25, 0.3) is 0 Å². The number of rotatable bonds is 7. The van der Waals surface area contributed by atoms with Crippen molar-refractivity contribution in [3.8, 4) is 5.69 Å². The van der Waals surface area contributed by atoms with Crippen molar-refractivity contribution in [1.82, 2.24) is 24.8 Å². The fourth-order valence-electron chi connectivity index (χ4n) is 3.08. The second kappa shape index (κ2) is 7.86. The Hall–Kier alpha value is -2.41. The molecule has 7 heteroatoms. The predicted octanol–water partition coefficient (Wildman–Crippen LogP) is 3.77. The topological polar surface area (TPSA) is 65.6 Å². The number of Topliss-reactive ketones (excluding diaryl/α,β-unsaturated/α-hetero) is 1. The molecule has 0 saturated heterocycles. The molecule has 0 spiro atoms. The van der Waals surface area contributed by atoms with Crippen LogP contribution < -0.4 is 0 Å². The highest BCUT2D eigenvalue weighted by Crippen LogP contribution is 2.23. The minimum absolute atomic E-state index is 0.102. The number of thioether (sulfide) groups is 1. The Morgan fingerprint density at radius 2 is 1.96 bits per heavy atom. The first-order chi connectivity index (χ1) is 12.5. The van der Waals surface area contributed by atoms with Crippen LogP contribution >= 0.6 is 11.8 Å². The van der Waals surface area contributed by atoms with Crippen LogP contribution in [0.1, 0.15) is 40.7 Å². The number of carbonyl (C=O) groups excluding carboxylic acids is 1. The molecule has 0 fully saturated rings. The van der Waals surface area contributed by atoms with Gasteiger partial charge in [0.05, 0.1) is 11.4 Å². The van der Waals surface area contributed by atoms with E-state index in [-0.39, 0.29) is 5.78 Å². The third kappa shape index (κ3) is 3.58. The monoisotopic (exact) mass is 369 g/mol. The smallest absolute Gasteiger partial charge is 0.214 e. The van der Waals surface area contributed by atoms with Gasteiger partial charge in [-0.2, -0.15) is 4.68 Å². The number of aryl methyl sites for hydroxylation is 2. The first-order valence-electron chi connectivity index (χ1n) is 8.70. The lowest BCUT2D eigenvalue weighted by molar-refractivity contribution is 0.102. The maximum absolute atomic E-state index is 12.7. The van der Waals surface area contributed by atoms with E-state index in [1.165, 1.54) is 11.8 Å². The third-order valence-corrected chi connectivity index (χ3v) is 5.36. The SMILES string of the molecule is CCCn1c(C)cc(C(=O)CSc2nnnn2-c2ccccc2C)c1C. The second-order valence-electron chi connectivity index (χ2n) is 6.31. The average molecular weight is 369 g/mol. The van der Waals surface area contributed by atoms with Crippen LogP contribution in [0, 0.1) is 20.8 Å². The van der Waals surface area contributed by atoms with Crippen molar-refractivity contribution in [3.63, 3.8) is 0 Å². The molecule has 3 rings (SSSR count). The summed E-state index contributed by atoms with van der Waals surface area (Å²) in [6.45, 7) is 9.15. The molecule has 0 aliphatic rings. The highest BCUT2D eigenvalue weighted by Gasteiger charge is 2.18. The zero-order valence-electron chi connectivity index (χ0n) is 15.6. The zero-order valence-corrected chi connectivity index (χ0v) is 16.4. The minimum Gasteiger partial charge on any atom is -0.348 e. The van der Waals surface area contributed by atoms with Crippen molar-refractivity contribution < 1.29 is 4.79 Å². The number of carbonyl (C=O) groups is 1. The second-order valence-corrected chi connectivity index (χ2v) is 7.25. The molecule has 1 aromatic carbocycles. The van der Waals surface area contributed by atoms with E-state index in [1.807, 2.05) is 51.1 Å². The van der Waals surface area contributed by atoms with E-state index in [4.69, 9.17) is 0 Å². The number of benzene rings is 1. The Morgan fingerprint density at radius 3 is 2.69 bits per heavy atom. The van der Waals surface area contributed by atoms with Crippen LogP contribution in [0.15, 0.2) is 35.5 Å². The highest BCUT2D eigenvalue weighted by atomic mass is 32.2. The van der Waals surface area contributed by atoms with Gasteiger partial charge < -0.3 is 4.57 Å². The Labute approximate surface area is 157 Å². The summed E-state index contributed by atoms with van der Waals surface area (Å²) < 4.78 is 3.89. The van der Waals surface area contributed by atoms with Gasteiger partial charge >= 0.3 is 0 Å². The molecule has 26 heavy (non-hydrogen) atoms. The van der Waals surface area contributed by atoms with Crippen LogP contribution in [0.5, 0.6) is 0 Å². The molecule has 0 amide bonds. The van der Waals surface area contributed by atoms with E-state index < -0.39 is 0 Å². The molecule has 2 heterocycles. The molecule has 2 aromatic heterocycles. The number of para-hydroxylation sites is 1. The zero-order chi connectivity index (χ0) is 18.7. The summed E-state index contributed by atoms with van der Waals surface area (Å²) in [6.07, 6.45) is 1.05. The quantitative estimate of drug-likeness (QED) is 0.468. The number of nitrogens with zero attached hydrogens (tertiary/aromatic N) is 5. The van der Waals surface area contributed by atoms with Crippen LogP contribution in [0.4, 0.5) is 0 Å². The van der Waals surface area contributed by atoms with Crippen LogP contribution in [-0.2, 0) is 6.54 Å². The number of hydrogen-bond donors (Lipinski definition) is 0. The van der Waals surface area contributed by atoms with Gasteiger partial charge in [0.2, 0.25) is 5.16 Å². The largest absolute Gasteiger partial charge is 0.348 e. The minimum atomic E-state index is 0.102. The normalized spacial score (nSPS) is 11.1. The van der Waals surface area contributed by atoms with E-state index in [9.17, 15) is 4.79 Å². The molecule has 0 aliphatic heterocycles. The van der Waals surface area contributed by atoms with Gasteiger partial charge in [0, 0.05) is 23.5 Å². The predicted molar refractivity (Wildman–Crippen MR) is 103 cm³/mol. The van der Waals surface area contributed by atoms with Crippen molar-refractivity contribution in [1.29, 1.82) is 0 Å². The summed E-state index contributed by atoms with van der Waals surface area (Å²) in [5.74, 6) is 0.410. The van der Waals surface area contributed by atoms with Crippen LogP contribution in [0.2, 0.25) is 0 Å². The van der Waals surface area contributed by atoms with E-state index in [0.717, 1.165) is 41.2 Å². The highest BCUT2D eigenvalue weighted by molar-refractivity contribution is 7.99. The van der Waals surface area contributed by atoms with Gasteiger partial charge in [0.15, 0.2) is 5.78 Å². The van der Waals surface area contributed by atoms with Crippen LogP contribution in [0.25, 0.3) is 5.69 Å². The van der Waals surface area contributed by atoms with Crippen molar-refractivity contribution in [2.75, 3.05) is 5.75 Å². The maximum Gasteiger partial charge on any atom is 0.214 e. The fraction of sp³-hybridized carbons (Fsp3) is 0.368. The summed E-state index contributed by atoms with van der Waals surface area (Å²) in [5, 5.41) is 12.6. The number of tetrazole rings is 1. The van der Waals surface area contributed by atoms with E-state index in [2.05, 4.69) is 27.0 Å². The molecule has 6 nitrogen and oxygen atoms in total. The van der Waals surface area contributed by atoms with Crippen molar-refractivity contribution >= 4 is 17.5 Å². The molecule has 0 atom stereocenters. The number of ketones is 1. The van der Waals surface area contributed by atoms with Gasteiger partial charge in [-0.1, -0.05) is 36.9 Å². The molecular weight excluding hydrogens is 346 g/mol. The summed E-state index contributed by atoms with van der Waals surface area (Å²) in [6, 6.07) is 9.89. The van der Waals surface area contributed by atoms with Crippen molar-refractivity contribution in [2.45, 2.75) is 45.8 Å². The average Bonchev–Trinajstić information content (AvgIpc) is 3.20. The summed E-state index contributed by atoms with van der Waals surface area (Å²) >= 11 is 1.37. The lowest BCUT2D eigenvalue weighted by atomic mass is 10.2. The van der Waals surface area contributed by atoms with E-state index in [1.54, 1.807) is 4.68 Å². The maximum atomic E-state index is 12.7. The van der Waals surface area contributed by atoms with Crippen LogP contribution in [0.3, 0.4) is 0 Å². The molecule has 0 N–H and O–H groups in total. The Morgan fingerprint density at radius 1 is 1.19 bits per heavy atom. The summed E-state index contributed by atoms with van der Waals surface area (Å²) in [7, 11) is 0. The molecule has 0 radical (unpaired) electrons.